The Morgan fingerprint density at radius 1 is 1.12 bits per heavy atom. The lowest BCUT2D eigenvalue weighted by Crippen LogP contribution is -2.30. The fourth-order valence-corrected chi connectivity index (χ4v) is 2.96. The molecule has 4 aromatic rings. The standard InChI is InChI=1S/C19H18N4O/c1-21(12-13-22-10-8-15-4-2-3-5-17(15)22)19(24)16-6-7-18-20-9-11-23(18)14-16/h2-11,14H,12-13H2,1H3. The molecule has 0 N–H and O–H groups in total. The third-order valence-electron chi connectivity index (χ3n) is 4.34. The van der Waals surface area contributed by atoms with Gasteiger partial charge in [-0.1, -0.05) is 18.2 Å². The summed E-state index contributed by atoms with van der Waals surface area (Å²) in [7, 11) is 1.84. The number of nitrogens with zero attached hydrogens (tertiary/aromatic N) is 4. The van der Waals surface area contributed by atoms with E-state index in [1.807, 2.05) is 48.1 Å². The van der Waals surface area contributed by atoms with Gasteiger partial charge in [0.2, 0.25) is 0 Å². The predicted octanol–water partition coefficient (Wildman–Crippen LogP) is 3.06. The minimum absolute atomic E-state index is 0.0158. The van der Waals surface area contributed by atoms with Gasteiger partial charge in [0.25, 0.3) is 5.91 Å². The number of pyridine rings is 1. The third-order valence-corrected chi connectivity index (χ3v) is 4.34. The van der Waals surface area contributed by atoms with Gasteiger partial charge in [-0.05, 0) is 29.7 Å². The average Bonchev–Trinajstić information content (AvgIpc) is 3.25. The van der Waals surface area contributed by atoms with E-state index in [9.17, 15) is 4.79 Å². The van der Waals surface area contributed by atoms with Gasteiger partial charge in [0, 0.05) is 50.4 Å². The summed E-state index contributed by atoms with van der Waals surface area (Å²) in [6.07, 6.45) is 7.47. The van der Waals surface area contributed by atoms with Crippen LogP contribution >= 0.6 is 0 Å². The summed E-state index contributed by atoms with van der Waals surface area (Å²) in [5, 5.41) is 1.22. The molecule has 4 rings (SSSR count). The van der Waals surface area contributed by atoms with Crippen LogP contribution in [0.15, 0.2) is 67.3 Å². The number of amides is 1. The normalized spacial score (nSPS) is 11.2. The topological polar surface area (TPSA) is 42.5 Å². The SMILES string of the molecule is CN(CCn1ccc2ccccc21)C(=O)c1ccc2nccn2c1. The maximum absolute atomic E-state index is 12.6. The number of rotatable bonds is 4. The minimum atomic E-state index is 0.0158. The van der Waals surface area contributed by atoms with Crippen molar-refractivity contribution in [2.75, 3.05) is 13.6 Å². The van der Waals surface area contributed by atoms with E-state index in [4.69, 9.17) is 0 Å². The highest BCUT2D eigenvalue weighted by atomic mass is 16.2. The van der Waals surface area contributed by atoms with Crippen molar-refractivity contribution in [1.29, 1.82) is 0 Å². The van der Waals surface area contributed by atoms with Crippen LogP contribution in [-0.4, -0.2) is 38.4 Å². The lowest BCUT2D eigenvalue weighted by Gasteiger charge is -2.18. The van der Waals surface area contributed by atoms with Crippen molar-refractivity contribution in [3.63, 3.8) is 0 Å². The smallest absolute Gasteiger partial charge is 0.255 e. The lowest BCUT2D eigenvalue weighted by molar-refractivity contribution is 0.0790. The number of benzene rings is 1. The molecule has 0 radical (unpaired) electrons. The molecule has 5 heteroatoms. The Labute approximate surface area is 139 Å². The van der Waals surface area contributed by atoms with Crippen LogP contribution in [-0.2, 0) is 6.54 Å². The second-order valence-electron chi connectivity index (χ2n) is 5.91. The van der Waals surface area contributed by atoms with Crippen LogP contribution < -0.4 is 0 Å². The Morgan fingerprint density at radius 3 is 2.92 bits per heavy atom. The molecule has 0 spiro atoms. The summed E-state index contributed by atoms with van der Waals surface area (Å²) in [6.45, 7) is 1.42. The number of hydrogen-bond acceptors (Lipinski definition) is 2. The number of imidazole rings is 1. The predicted molar refractivity (Wildman–Crippen MR) is 94.1 cm³/mol. The van der Waals surface area contributed by atoms with Crippen molar-refractivity contribution in [3.8, 4) is 0 Å². The van der Waals surface area contributed by atoms with Crippen LogP contribution in [0.3, 0.4) is 0 Å². The molecule has 0 aliphatic heterocycles. The zero-order valence-corrected chi connectivity index (χ0v) is 13.5. The van der Waals surface area contributed by atoms with E-state index in [0.717, 1.165) is 12.2 Å². The summed E-state index contributed by atoms with van der Waals surface area (Å²) >= 11 is 0. The first-order valence-electron chi connectivity index (χ1n) is 7.94. The van der Waals surface area contributed by atoms with Gasteiger partial charge in [0.05, 0.1) is 5.56 Å². The van der Waals surface area contributed by atoms with Crippen molar-refractivity contribution in [2.24, 2.45) is 0 Å². The molecule has 3 aromatic heterocycles. The summed E-state index contributed by atoms with van der Waals surface area (Å²) < 4.78 is 4.04. The van der Waals surface area contributed by atoms with Gasteiger partial charge in [-0.15, -0.1) is 0 Å². The average molecular weight is 318 g/mol. The van der Waals surface area contributed by atoms with Gasteiger partial charge in [-0.25, -0.2) is 4.98 Å². The van der Waals surface area contributed by atoms with Crippen LogP contribution in [0.1, 0.15) is 10.4 Å². The van der Waals surface area contributed by atoms with Crippen molar-refractivity contribution >= 4 is 22.5 Å². The molecular weight excluding hydrogens is 300 g/mol. The van der Waals surface area contributed by atoms with E-state index in [-0.39, 0.29) is 5.91 Å². The Hall–Kier alpha value is -3.08. The minimum Gasteiger partial charge on any atom is -0.346 e. The largest absolute Gasteiger partial charge is 0.346 e. The maximum Gasteiger partial charge on any atom is 0.255 e. The van der Waals surface area contributed by atoms with Crippen LogP contribution in [0, 0.1) is 0 Å². The third kappa shape index (κ3) is 2.54. The first-order valence-corrected chi connectivity index (χ1v) is 7.94. The van der Waals surface area contributed by atoms with Crippen molar-refractivity contribution in [3.05, 3.63) is 72.8 Å². The van der Waals surface area contributed by atoms with Gasteiger partial charge < -0.3 is 13.9 Å². The molecule has 0 saturated carbocycles. The Morgan fingerprint density at radius 2 is 2.00 bits per heavy atom. The fraction of sp³-hybridized carbons (Fsp3) is 0.158. The number of para-hydroxylation sites is 1. The van der Waals surface area contributed by atoms with Crippen LogP contribution in [0.2, 0.25) is 0 Å². The second-order valence-corrected chi connectivity index (χ2v) is 5.91. The first-order chi connectivity index (χ1) is 11.7. The quantitative estimate of drug-likeness (QED) is 0.580. The van der Waals surface area contributed by atoms with Crippen LogP contribution in [0.25, 0.3) is 16.6 Å². The Balaban J connectivity index is 1.49. The van der Waals surface area contributed by atoms with Crippen molar-refractivity contribution in [1.82, 2.24) is 18.9 Å². The highest BCUT2D eigenvalue weighted by molar-refractivity contribution is 5.94. The van der Waals surface area contributed by atoms with E-state index >= 15 is 0 Å². The van der Waals surface area contributed by atoms with E-state index in [0.29, 0.717) is 12.1 Å². The molecule has 0 aliphatic carbocycles. The first kappa shape index (κ1) is 14.5. The molecule has 120 valence electrons. The van der Waals surface area contributed by atoms with E-state index in [1.165, 1.54) is 10.9 Å². The van der Waals surface area contributed by atoms with Gasteiger partial charge in [0.15, 0.2) is 0 Å². The Bertz CT molecular complexity index is 1010. The van der Waals surface area contributed by atoms with E-state index in [2.05, 4.69) is 33.9 Å². The van der Waals surface area contributed by atoms with E-state index < -0.39 is 0 Å². The molecule has 3 heterocycles. The van der Waals surface area contributed by atoms with Crippen LogP contribution in [0.5, 0.6) is 0 Å². The highest BCUT2D eigenvalue weighted by Gasteiger charge is 2.12. The highest BCUT2D eigenvalue weighted by Crippen LogP contribution is 2.15. The Kier molecular flexibility index (Phi) is 3.54. The summed E-state index contributed by atoms with van der Waals surface area (Å²) in [6, 6.07) is 14.1. The van der Waals surface area contributed by atoms with Gasteiger partial charge in [-0.2, -0.15) is 0 Å². The number of carbonyl (C=O) groups excluding carboxylic acids is 1. The molecule has 1 amide bonds. The zero-order chi connectivity index (χ0) is 16.5. The molecule has 0 unspecified atom stereocenters. The lowest BCUT2D eigenvalue weighted by atomic mass is 10.2. The number of aromatic nitrogens is 3. The number of fused-ring (bicyclic) bond motifs is 2. The van der Waals surface area contributed by atoms with Gasteiger partial charge >= 0.3 is 0 Å². The molecular formula is C19H18N4O. The van der Waals surface area contributed by atoms with Crippen molar-refractivity contribution in [2.45, 2.75) is 6.54 Å². The molecule has 0 atom stereocenters. The van der Waals surface area contributed by atoms with E-state index in [1.54, 1.807) is 11.1 Å². The van der Waals surface area contributed by atoms with Crippen molar-refractivity contribution < 1.29 is 4.79 Å². The molecule has 0 aliphatic rings. The summed E-state index contributed by atoms with van der Waals surface area (Å²) in [4.78, 5) is 18.6. The molecule has 0 saturated heterocycles. The zero-order valence-electron chi connectivity index (χ0n) is 13.5. The second kappa shape index (κ2) is 5.85. The molecule has 24 heavy (non-hydrogen) atoms. The van der Waals surface area contributed by atoms with Gasteiger partial charge in [0.1, 0.15) is 5.65 Å². The number of likely N-dealkylation sites (N-methyl/N-ethyl adjacent to an activating group) is 1. The fourth-order valence-electron chi connectivity index (χ4n) is 2.96. The molecule has 1 aromatic carbocycles. The number of hydrogen-bond donors (Lipinski definition) is 0. The van der Waals surface area contributed by atoms with Gasteiger partial charge in [-0.3, -0.25) is 4.79 Å². The molecule has 0 fully saturated rings. The summed E-state index contributed by atoms with van der Waals surface area (Å²) in [5.41, 5.74) is 2.70. The van der Waals surface area contributed by atoms with Crippen LogP contribution in [0.4, 0.5) is 0 Å². The maximum atomic E-state index is 12.6. The molecule has 5 nitrogen and oxygen atoms in total. The monoisotopic (exact) mass is 318 g/mol. The number of carbonyl (C=O) groups is 1. The summed E-state index contributed by atoms with van der Waals surface area (Å²) in [5.74, 6) is 0.0158. The molecule has 0 bridgehead atoms.